The zero-order valence-electron chi connectivity index (χ0n) is 13.4. The molecule has 0 spiro atoms. The minimum absolute atomic E-state index is 0.0921. The molecule has 5 atom stereocenters. The van der Waals surface area contributed by atoms with E-state index in [4.69, 9.17) is 9.47 Å². The number of aliphatic hydroxyl groups is 3. The van der Waals surface area contributed by atoms with Crippen molar-refractivity contribution in [3.05, 3.63) is 29.8 Å². The molecule has 0 aliphatic carbocycles. The van der Waals surface area contributed by atoms with Crippen molar-refractivity contribution >= 4 is 11.7 Å². The van der Waals surface area contributed by atoms with Gasteiger partial charge in [-0.3, -0.25) is 9.59 Å². The molecule has 4 N–H and O–H groups in total. The van der Waals surface area contributed by atoms with Crippen LogP contribution < -0.4 is 10.1 Å². The van der Waals surface area contributed by atoms with E-state index in [1.54, 1.807) is 24.3 Å². The predicted molar refractivity (Wildman–Crippen MR) is 82.4 cm³/mol. The van der Waals surface area contributed by atoms with E-state index in [1.807, 2.05) is 0 Å². The van der Waals surface area contributed by atoms with Gasteiger partial charge in [0.1, 0.15) is 30.1 Å². The molecule has 1 aliphatic heterocycles. The molecule has 132 valence electrons. The van der Waals surface area contributed by atoms with Crippen molar-refractivity contribution in [3.8, 4) is 5.75 Å². The van der Waals surface area contributed by atoms with Gasteiger partial charge in [-0.05, 0) is 31.2 Å². The number of rotatable bonds is 5. The normalized spacial score (nSPS) is 29.8. The average Bonchev–Trinajstić information content (AvgIpc) is 2.54. The van der Waals surface area contributed by atoms with Crippen LogP contribution in [0.2, 0.25) is 0 Å². The molecule has 2 rings (SSSR count). The monoisotopic (exact) mass is 339 g/mol. The first-order valence-electron chi connectivity index (χ1n) is 7.50. The first-order valence-corrected chi connectivity index (χ1v) is 7.50. The minimum atomic E-state index is -1.37. The molecule has 8 nitrogen and oxygen atoms in total. The summed E-state index contributed by atoms with van der Waals surface area (Å²) in [4.78, 5) is 22.6. The summed E-state index contributed by atoms with van der Waals surface area (Å²) in [7, 11) is 0. The number of hydrogen-bond acceptors (Lipinski definition) is 7. The van der Waals surface area contributed by atoms with Crippen LogP contribution in [0.1, 0.15) is 24.2 Å². The van der Waals surface area contributed by atoms with Crippen LogP contribution in [0.4, 0.5) is 0 Å². The SMILES string of the molecule is CC(=O)N[C@@H]1[C@H](Oc2ccc(C(C)=O)cc2)O[C@H](CO)[C@H](O)[C@@H]1O. The second kappa shape index (κ2) is 7.71. The first-order chi connectivity index (χ1) is 11.3. The van der Waals surface area contributed by atoms with Crippen molar-refractivity contribution in [1.82, 2.24) is 5.32 Å². The Morgan fingerprint density at radius 3 is 2.29 bits per heavy atom. The van der Waals surface area contributed by atoms with Crippen molar-refractivity contribution in [2.75, 3.05) is 6.61 Å². The van der Waals surface area contributed by atoms with Crippen LogP contribution in [0.5, 0.6) is 5.75 Å². The number of Topliss-reactive ketones (excluding diaryl/α,β-unsaturated/α-hetero) is 1. The minimum Gasteiger partial charge on any atom is -0.463 e. The second-order valence-corrected chi connectivity index (χ2v) is 5.63. The fourth-order valence-electron chi connectivity index (χ4n) is 2.47. The summed E-state index contributed by atoms with van der Waals surface area (Å²) in [6.07, 6.45) is -4.91. The van der Waals surface area contributed by atoms with Gasteiger partial charge in [0.05, 0.1) is 6.61 Å². The zero-order chi connectivity index (χ0) is 17.9. The highest BCUT2D eigenvalue weighted by atomic mass is 16.7. The summed E-state index contributed by atoms with van der Waals surface area (Å²) in [5.74, 6) is -0.177. The smallest absolute Gasteiger partial charge is 0.223 e. The van der Waals surface area contributed by atoms with Gasteiger partial charge in [-0.15, -0.1) is 0 Å². The van der Waals surface area contributed by atoms with Crippen LogP contribution in [-0.4, -0.2) is 64.3 Å². The third kappa shape index (κ3) is 4.09. The third-order valence-corrected chi connectivity index (χ3v) is 3.76. The van der Waals surface area contributed by atoms with E-state index in [1.165, 1.54) is 13.8 Å². The number of hydrogen-bond donors (Lipinski definition) is 4. The Bertz CT molecular complexity index is 589. The van der Waals surface area contributed by atoms with Gasteiger partial charge < -0.3 is 30.1 Å². The van der Waals surface area contributed by atoms with Gasteiger partial charge >= 0.3 is 0 Å². The first kappa shape index (κ1) is 18.3. The highest BCUT2D eigenvalue weighted by Crippen LogP contribution is 2.24. The zero-order valence-corrected chi connectivity index (χ0v) is 13.4. The van der Waals surface area contributed by atoms with Crippen LogP contribution in [0.3, 0.4) is 0 Å². The van der Waals surface area contributed by atoms with Crippen molar-refractivity contribution in [1.29, 1.82) is 0 Å². The second-order valence-electron chi connectivity index (χ2n) is 5.63. The average molecular weight is 339 g/mol. The molecular weight excluding hydrogens is 318 g/mol. The van der Waals surface area contributed by atoms with E-state index < -0.39 is 43.2 Å². The van der Waals surface area contributed by atoms with Crippen molar-refractivity contribution in [2.45, 2.75) is 44.5 Å². The lowest BCUT2D eigenvalue weighted by atomic mass is 9.97. The topological polar surface area (TPSA) is 125 Å². The summed E-state index contributed by atoms with van der Waals surface area (Å²) >= 11 is 0. The number of aliphatic hydroxyl groups excluding tert-OH is 3. The molecule has 8 heteroatoms. The molecule has 1 aromatic rings. The van der Waals surface area contributed by atoms with Crippen molar-refractivity contribution in [3.63, 3.8) is 0 Å². The summed E-state index contributed by atoms with van der Waals surface area (Å²) in [5, 5.41) is 31.8. The number of benzene rings is 1. The molecular formula is C16H21NO7. The van der Waals surface area contributed by atoms with Gasteiger partial charge in [-0.25, -0.2) is 0 Å². The Morgan fingerprint density at radius 2 is 1.79 bits per heavy atom. The van der Waals surface area contributed by atoms with Gasteiger partial charge in [0.25, 0.3) is 0 Å². The molecule has 0 radical (unpaired) electrons. The van der Waals surface area contributed by atoms with E-state index in [0.717, 1.165) is 0 Å². The number of carbonyl (C=O) groups is 2. The Hall–Kier alpha value is -2.00. The number of ketones is 1. The highest BCUT2D eigenvalue weighted by Gasteiger charge is 2.46. The molecule has 1 fully saturated rings. The lowest BCUT2D eigenvalue weighted by molar-refractivity contribution is -0.244. The molecule has 1 aliphatic rings. The maximum Gasteiger partial charge on any atom is 0.223 e. The van der Waals surface area contributed by atoms with E-state index in [-0.39, 0.29) is 5.78 Å². The molecule has 1 aromatic carbocycles. The Morgan fingerprint density at radius 1 is 1.17 bits per heavy atom. The van der Waals surface area contributed by atoms with Crippen molar-refractivity contribution < 1.29 is 34.4 Å². The number of carbonyl (C=O) groups excluding carboxylic acids is 2. The van der Waals surface area contributed by atoms with Gasteiger partial charge in [-0.1, -0.05) is 0 Å². The molecule has 0 aromatic heterocycles. The van der Waals surface area contributed by atoms with Crippen LogP contribution in [0, 0.1) is 0 Å². The lowest BCUT2D eigenvalue weighted by Gasteiger charge is -2.42. The molecule has 0 saturated carbocycles. The molecule has 1 saturated heterocycles. The fraction of sp³-hybridized carbons (Fsp3) is 0.500. The van der Waals surface area contributed by atoms with E-state index in [9.17, 15) is 24.9 Å². The highest BCUT2D eigenvalue weighted by molar-refractivity contribution is 5.94. The largest absolute Gasteiger partial charge is 0.463 e. The summed E-state index contributed by atoms with van der Waals surface area (Å²) in [6, 6.07) is 5.23. The van der Waals surface area contributed by atoms with E-state index in [0.29, 0.717) is 11.3 Å². The lowest BCUT2D eigenvalue weighted by Crippen LogP contribution is -2.65. The third-order valence-electron chi connectivity index (χ3n) is 3.76. The summed E-state index contributed by atoms with van der Waals surface area (Å²) in [5.41, 5.74) is 0.508. The maximum absolute atomic E-state index is 11.3. The molecule has 0 unspecified atom stereocenters. The number of nitrogens with one attached hydrogen (secondary N) is 1. The molecule has 0 bridgehead atoms. The molecule has 1 heterocycles. The van der Waals surface area contributed by atoms with Crippen LogP contribution >= 0.6 is 0 Å². The molecule has 1 amide bonds. The Labute approximate surface area is 139 Å². The summed E-state index contributed by atoms with van der Waals surface area (Å²) in [6.45, 7) is 2.18. The molecule has 24 heavy (non-hydrogen) atoms. The Balaban J connectivity index is 2.19. The fourth-order valence-corrected chi connectivity index (χ4v) is 2.47. The quantitative estimate of drug-likeness (QED) is 0.518. The Kier molecular flexibility index (Phi) is 5.89. The van der Waals surface area contributed by atoms with Gasteiger partial charge in [0, 0.05) is 12.5 Å². The van der Waals surface area contributed by atoms with Gasteiger partial charge in [0.15, 0.2) is 5.78 Å². The van der Waals surface area contributed by atoms with Gasteiger partial charge in [0.2, 0.25) is 12.2 Å². The van der Waals surface area contributed by atoms with Crippen LogP contribution in [0.15, 0.2) is 24.3 Å². The number of amides is 1. The van der Waals surface area contributed by atoms with E-state index in [2.05, 4.69) is 5.32 Å². The van der Waals surface area contributed by atoms with Gasteiger partial charge in [-0.2, -0.15) is 0 Å². The number of ether oxygens (including phenoxy) is 2. The predicted octanol–water partition coefficient (Wildman–Crippen LogP) is -0.788. The summed E-state index contributed by atoms with van der Waals surface area (Å²) < 4.78 is 11.1. The van der Waals surface area contributed by atoms with Crippen LogP contribution in [-0.2, 0) is 9.53 Å². The van der Waals surface area contributed by atoms with Crippen LogP contribution in [0.25, 0.3) is 0 Å². The van der Waals surface area contributed by atoms with Crippen molar-refractivity contribution in [2.24, 2.45) is 0 Å². The standard InChI is InChI=1S/C16H21NO7/c1-8(19)10-3-5-11(6-4-10)23-16-13(17-9(2)20)15(22)14(21)12(7-18)24-16/h3-6,12-16,18,21-22H,7H2,1-2H3,(H,17,20)/t12-,13+,14+,15-,16-/m1/s1. The maximum atomic E-state index is 11.3. The van der Waals surface area contributed by atoms with E-state index >= 15 is 0 Å².